The molecule has 0 unspecified atom stereocenters. The van der Waals surface area contributed by atoms with E-state index in [1.54, 1.807) is 24.3 Å². The molecule has 0 atom stereocenters. The molecule has 8 nitrogen and oxygen atoms in total. The second-order valence-electron chi connectivity index (χ2n) is 9.03. The lowest BCUT2D eigenvalue weighted by molar-refractivity contribution is -0.691. The first-order valence-electron chi connectivity index (χ1n) is 11.6. The minimum atomic E-state index is -0.458. The highest BCUT2D eigenvalue weighted by atomic mass is 16.2. The molecule has 1 aliphatic carbocycles. The minimum Gasteiger partial charge on any atom is -0.290 e. The maximum absolute atomic E-state index is 12.9. The fraction of sp³-hybridized carbons (Fsp3) is 0.269. The van der Waals surface area contributed by atoms with E-state index in [1.807, 2.05) is 37.3 Å². The number of hydrogen-bond donors (Lipinski definition) is 3. The van der Waals surface area contributed by atoms with Crippen molar-refractivity contribution in [1.29, 1.82) is 0 Å². The molecule has 0 saturated heterocycles. The third-order valence-corrected chi connectivity index (χ3v) is 6.21. The van der Waals surface area contributed by atoms with Crippen molar-refractivity contribution in [3.05, 3.63) is 104 Å². The Hall–Kier alpha value is -4.07. The molecule has 0 radical (unpaired) electrons. The predicted octanol–water partition coefficient (Wildman–Crippen LogP) is 2.63. The maximum Gasteiger partial charge on any atom is 0.353 e. The van der Waals surface area contributed by atoms with Crippen LogP contribution in [0.2, 0.25) is 0 Å². The van der Waals surface area contributed by atoms with Crippen LogP contribution >= 0.6 is 0 Å². The zero-order chi connectivity index (χ0) is 23.7. The molecule has 0 aliphatic heterocycles. The molecule has 2 aromatic carbocycles. The average Bonchev–Trinajstić information content (AvgIpc) is 3.55. The van der Waals surface area contributed by atoms with Gasteiger partial charge in [-0.05, 0) is 55.0 Å². The lowest BCUT2D eigenvalue weighted by atomic mass is 10.1. The van der Waals surface area contributed by atoms with Gasteiger partial charge in [-0.2, -0.15) is 0 Å². The Morgan fingerprint density at radius 2 is 1.76 bits per heavy atom. The lowest BCUT2D eigenvalue weighted by Crippen LogP contribution is -2.40. The average molecular weight is 458 g/mol. The number of nitrogen functional groups attached to an aromatic ring is 1. The van der Waals surface area contributed by atoms with E-state index in [1.165, 1.54) is 23.1 Å². The van der Waals surface area contributed by atoms with Crippen molar-refractivity contribution in [3.8, 4) is 5.69 Å². The first-order valence-corrected chi connectivity index (χ1v) is 11.6. The van der Waals surface area contributed by atoms with E-state index in [0.717, 1.165) is 34.5 Å². The number of allylic oxidation sites excluding steroid dienone is 1. The Kier molecular flexibility index (Phi) is 5.79. The molecule has 2 aromatic heterocycles. The van der Waals surface area contributed by atoms with E-state index in [4.69, 9.17) is 5.73 Å². The van der Waals surface area contributed by atoms with Gasteiger partial charge < -0.3 is 0 Å². The highest BCUT2D eigenvalue weighted by molar-refractivity contribution is 5.52. The van der Waals surface area contributed by atoms with Crippen molar-refractivity contribution in [1.82, 2.24) is 19.3 Å². The van der Waals surface area contributed by atoms with Crippen molar-refractivity contribution < 1.29 is 4.57 Å². The Labute approximate surface area is 197 Å². The summed E-state index contributed by atoms with van der Waals surface area (Å²) in [6.45, 7) is 3.11. The molecule has 1 fully saturated rings. The van der Waals surface area contributed by atoms with Gasteiger partial charge in [0.05, 0.1) is 18.8 Å². The Morgan fingerprint density at radius 1 is 1.09 bits per heavy atom. The fourth-order valence-electron chi connectivity index (χ4n) is 4.31. The van der Waals surface area contributed by atoms with Crippen LogP contribution in [0.15, 0.2) is 75.8 Å². The van der Waals surface area contributed by atoms with Gasteiger partial charge >= 0.3 is 17.3 Å². The van der Waals surface area contributed by atoms with Crippen LogP contribution < -0.4 is 21.7 Å². The van der Waals surface area contributed by atoms with Crippen LogP contribution in [0.4, 0.5) is 5.95 Å². The number of nitrogens with two attached hydrogens (primary N) is 1. The highest BCUT2D eigenvalue weighted by Gasteiger charge is 2.28. The third kappa shape index (κ3) is 4.52. The number of hydrogen-bond acceptors (Lipinski definition) is 3. The van der Waals surface area contributed by atoms with E-state index in [-0.39, 0.29) is 6.54 Å². The second-order valence-corrected chi connectivity index (χ2v) is 9.03. The van der Waals surface area contributed by atoms with E-state index in [9.17, 15) is 9.59 Å². The van der Waals surface area contributed by atoms with Gasteiger partial charge in [-0.15, -0.1) is 0 Å². The quantitative estimate of drug-likeness (QED) is 0.354. The monoisotopic (exact) mass is 457 g/mol. The molecule has 4 aromatic rings. The molecule has 174 valence electrons. The van der Waals surface area contributed by atoms with Gasteiger partial charge in [0.1, 0.15) is 11.4 Å². The lowest BCUT2D eigenvalue weighted by Gasteiger charge is -2.06. The van der Waals surface area contributed by atoms with Crippen LogP contribution in [0.5, 0.6) is 0 Å². The van der Waals surface area contributed by atoms with Crippen molar-refractivity contribution >= 4 is 12.0 Å². The number of rotatable bonds is 8. The Balaban J connectivity index is 1.46. The summed E-state index contributed by atoms with van der Waals surface area (Å²) >= 11 is 0. The number of H-pyrrole nitrogens is 2. The maximum atomic E-state index is 12.9. The summed E-state index contributed by atoms with van der Waals surface area (Å²) in [7, 11) is 0. The van der Waals surface area contributed by atoms with Crippen LogP contribution in [0.25, 0.3) is 11.8 Å². The largest absolute Gasteiger partial charge is 0.353 e. The molecule has 0 bridgehead atoms. The van der Waals surface area contributed by atoms with Gasteiger partial charge in [-0.1, -0.05) is 48.5 Å². The molecule has 0 amide bonds. The second kappa shape index (κ2) is 9.05. The third-order valence-electron chi connectivity index (χ3n) is 6.21. The fourth-order valence-corrected chi connectivity index (χ4v) is 4.31. The van der Waals surface area contributed by atoms with Crippen LogP contribution in [-0.4, -0.2) is 19.3 Å². The smallest absolute Gasteiger partial charge is 0.290 e. The van der Waals surface area contributed by atoms with Crippen molar-refractivity contribution in [2.24, 2.45) is 5.92 Å². The summed E-state index contributed by atoms with van der Waals surface area (Å²) in [4.78, 5) is 28.7. The van der Waals surface area contributed by atoms with Crippen molar-refractivity contribution in [2.75, 3.05) is 5.73 Å². The summed E-state index contributed by atoms with van der Waals surface area (Å²) < 4.78 is 4.66. The molecular weight excluding hydrogens is 428 g/mol. The van der Waals surface area contributed by atoms with Crippen LogP contribution in [0.3, 0.4) is 0 Å². The SMILES string of the molecule is C/C(=C/c1[nH]c(N)[n+](CC2CC2)c1Cc1ccccc1)Cn1[nH]c(=O)n(-c2ccccc2)c1=O. The van der Waals surface area contributed by atoms with E-state index in [2.05, 4.69) is 26.8 Å². The standard InChI is InChI=1S/C26H28N6O2/c1-18(16-31-26(34)32(25(33)29-31)21-10-6-3-7-11-21)14-22-23(15-19-8-4-2-5-9-19)30(24(27)28-22)17-20-12-13-20/h2-11,14,20H,12-13,15-17H2,1H3,(H3,27,28,29,33)/p+1/b18-14-. The normalized spacial score (nSPS) is 14.0. The van der Waals surface area contributed by atoms with Gasteiger partial charge in [0.2, 0.25) is 0 Å². The molecule has 1 aliphatic rings. The Bertz CT molecular complexity index is 1440. The molecular formula is C26H29N6O2+. The summed E-state index contributed by atoms with van der Waals surface area (Å²) in [5, 5.41) is 2.66. The van der Waals surface area contributed by atoms with E-state index < -0.39 is 11.4 Å². The number of aromatic amines is 2. The summed E-state index contributed by atoms with van der Waals surface area (Å²) in [5.41, 5.74) is 10.2. The first kappa shape index (κ1) is 21.8. The predicted molar refractivity (Wildman–Crippen MR) is 132 cm³/mol. The van der Waals surface area contributed by atoms with Crippen molar-refractivity contribution in [2.45, 2.75) is 39.3 Å². The number of para-hydroxylation sites is 1. The highest BCUT2D eigenvalue weighted by Crippen LogP contribution is 2.30. The van der Waals surface area contributed by atoms with Gasteiger partial charge in [0.15, 0.2) is 0 Å². The Morgan fingerprint density at radius 3 is 2.44 bits per heavy atom. The molecule has 1 saturated carbocycles. The first-order chi connectivity index (χ1) is 16.5. The number of aromatic nitrogens is 5. The van der Waals surface area contributed by atoms with Crippen molar-refractivity contribution in [3.63, 3.8) is 0 Å². The van der Waals surface area contributed by atoms with E-state index >= 15 is 0 Å². The van der Waals surface area contributed by atoms with E-state index in [0.29, 0.717) is 17.6 Å². The topological polar surface area (TPSA) is 105 Å². The summed E-state index contributed by atoms with van der Waals surface area (Å²) in [5.74, 6) is 1.31. The number of anilines is 1. The van der Waals surface area contributed by atoms with Crippen LogP contribution in [0, 0.1) is 5.92 Å². The number of nitrogens with zero attached hydrogens (tertiary/aromatic N) is 3. The van der Waals surface area contributed by atoms with Crippen LogP contribution in [0.1, 0.15) is 36.7 Å². The minimum absolute atomic E-state index is 0.264. The number of imidazole rings is 1. The zero-order valence-corrected chi connectivity index (χ0v) is 19.2. The van der Waals surface area contributed by atoms with Gasteiger partial charge in [-0.25, -0.2) is 33.5 Å². The summed E-state index contributed by atoms with van der Waals surface area (Å²) in [6, 6.07) is 19.2. The van der Waals surface area contributed by atoms with Gasteiger partial charge in [-0.3, -0.25) is 5.73 Å². The van der Waals surface area contributed by atoms with Gasteiger partial charge in [0, 0.05) is 6.42 Å². The molecule has 8 heteroatoms. The number of nitrogens with one attached hydrogen (secondary N) is 2. The molecule has 0 spiro atoms. The molecule has 2 heterocycles. The van der Waals surface area contributed by atoms with Gasteiger partial charge in [0.25, 0.3) is 0 Å². The molecule has 4 N–H and O–H groups in total. The van der Waals surface area contributed by atoms with Crippen LogP contribution in [-0.2, 0) is 19.5 Å². The zero-order valence-electron chi connectivity index (χ0n) is 19.2. The molecule has 34 heavy (non-hydrogen) atoms. The molecule has 5 rings (SSSR count). The number of benzene rings is 2. The summed E-state index contributed by atoms with van der Waals surface area (Å²) in [6.07, 6.45) is 5.24.